The van der Waals surface area contributed by atoms with Gasteiger partial charge in [-0.05, 0) is 65.8 Å². The average Bonchev–Trinajstić information content (AvgIpc) is 3.13. The number of hydroxylamine groups is 2. The van der Waals surface area contributed by atoms with Gasteiger partial charge in [0.05, 0.1) is 11.3 Å². The van der Waals surface area contributed by atoms with Crippen molar-refractivity contribution in [3.8, 4) is 16.9 Å². The molecule has 3 aliphatic rings. The molecule has 6 rings (SSSR count). The normalized spacial score (nSPS) is 25.5. The van der Waals surface area contributed by atoms with Crippen LogP contribution in [-0.4, -0.2) is 24.2 Å². The van der Waals surface area contributed by atoms with Gasteiger partial charge in [0.25, 0.3) is 0 Å². The van der Waals surface area contributed by atoms with Crippen molar-refractivity contribution in [3.05, 3.63) is 83.2 Å². The van der Waals surface area contributed by atoms with E-state index in [1.807, 2.05) is 18.2 Å². The Morgan fingerprint density at radius 1 is 1.06 bits per heavy atom. The van der Waals surface area contributed by atoms with E-state index in [2.05, 4.69) is 24.3 Å². The van der Waals surface area contributed by atoms with Gasteiger partial charge in [0, 0.05) is 19.4 Å². The van der Waals surface area contributed by atoms with Gasteiger partial charge in [-0.15, -0.1) is 0 Å². The number of anilines is 1. The van der Waals surface area contributed by atoms with Crippen LogP contribution in [0.4, 0.5) is 10.1 Å². The van der Waals surface area contributed by atoms with Crippen LogP contribution in [0.2, 0.25) is 0 Å². The monoisotopic (exact) mass is 458 g/mol. The predicted octanol–water partition coefficient (Wildman–Crippen LogP) is 4.69. The van der Waals surface area contributed by atoms with Crippen LogP contribution in [-0.2, 0) is 17.0 Å². The number of aryl methyl sites for hydroxylation is 1. The molecule has 3 aromatic rings. The maximum absolute atomic E-state index is 13.7. The van der Waals surface area contributed by atoms with Gasteiger partial charge in [-0.1, -0.05) is 36.4 Å². The summed E-state index contributed by atoms with van der Waals surface area (Å²) in [4.78, 5) is 11.1. The third-order valence-electron chi connectivity index (χ3n) is 7.26. The van der Waals surface area contributed by atoms with Gasteiger partial charge in [-0.2, -0.15) is 0 Å². The molecule has 3 unspecified atom stereocenters. The smallest absolute Gasteiger partial charge is 0.221 e. The lowest BCUT2D eigenvalue weighted by Gasteiger charge is -2.41. The molecule has 0 fully saturated rings. The molecule has 6 nitrogen and oxygen atoms in total. The standard InChI is InChI=1S/C27H27FN4O2/c1-32-26(30)31-27(34-32)15-25(20-8-4-6-16-5-2-3-7-19(16)20)33-24-12-10-17(13-21(24)27)18-9-11-22(28)23(29)14-18/h2-3,5,7,9-14,20,25H,4,6,8,15,29H2,1H3,(H2,30,31). The van der Waals surface area contributed by atoms with Crippen LogP contribution in [0.3, 0.4) is 0 Å². The summed E-state index contributed by atoms with van der Waals surface area (Å²) in [6.07, 6.45) is 3.70. The zero-order valence-corrected chi connectivity index (χ0v) is 19.0. The lowest BCUT2D eigenvalue weighted by Crippen LogP contribution is -2.42. The molecule has 34 heavy (non-hydrogen) atoms. The number of rotatable bonds is 2. The summed E-state index contributed by atoms with van der Waals surface area (Å²) in [5, 5.41) is 1.52. The molecular weight excluding hydrogens is 431 g/mol. The number of fused-ring (bicyclic) bond motifs is 3. The highest BCUT2D eigenvalue weighted by atomic mass is 19.1. The molecule has 7 heteroatoms. The zero-order chi connectivity index (χ0) is 23.4. The van der Waals surface area contributed by atoms with E-state index < -0.39 is 11.5 Å². The highest BCUT2D eigenvalue weighted by Crippen LogP contribution is 2.51. The van der Waals surface area contributed by atoms with Gasteiger partial charge in [-0.3, -0.25) is 0 Å². The number of nitrogens with zero attached hydrogens (tertiary/aromatic N) is 2. The molecule has 174 valence electrons. The molecular formula is C27H27FN4O2. The molecule has 1 aliphatic carbocycles. The summed E-state index contributed by atoms with van der Waals surface area (Å²) >= 11 is 0. The average molecular weight is 459 g/mol. The molecule has 2 heterocycles. The number of nitrogens with two attached hydrogens (primary N) is 2. The predicted molar refractivity (Wildman–Crippen MR) is 130 cm³/mol. The minimum absolute atomic E-state index is 0.107. The van der Waals surface area contributed by atoms with Crippen molar-refractivity contribution in [2.24, 2.45) is 10.7 Å². The van der Waals surface area contributed by atoms with E-state index >= 15 is 0 Å². The number of guanidine groups is 1. The van der Waals surface area contributed by atoms with Crippen LogP contribution in [0.25, 0.3) is 11.1 Å². The van der Waals surface area contributed by atoms with Gasteiger partial charge in [-0.25, -0.2) is 19.3 Å². The lowest BCUT2D eigenvalue weighted by molar-refractivity contribution is -0.192. The van der Waals surface area contributed by atoms with Crippen LogP contribution in [0, 0.1) is 5.82 Å². The van der Waals surface area contributed by atoms with Crippen molar-refractivity contribution in [1.82, 2.24) is 5.06 Å². The maximum Gasteiger partial charge on any atom is 0.221 e. The van der Waals surface area contributed by atoms with Crippen molar-refractivity contribution in [3.63, 3.8) is 0 Å². The van der Waals surface area contributed by atoms with Crippen molar-refractivity contribution in [2.45, 2.75) is 43.4 Å². The van der Waals surface area contributed by atoms with Gasteiger partial charge >= 0.3 is 0 Å². The van der Waals surface area contributed by atoms with Crippen molar-refractivity contribution in [1.29, 1.82) is 0 Å². The highest BCUT2D eigenvalue weighted by Gasteiger charge is 2.50. The molecule has 3 atom stereocenters. The minimum atomic E-state index is -0.981. The second-order valence-electron chi connectivity index (χ2n) is 9.35. The van der Waals surface area contributed by atoms with E-state index in [1.165, 1.54) is 22.3 Å². The van der Waals surface area contributed by atoms with Crippen molar-refractivity contribution < 1.29 is 14.0 Å². The maximum atomic E-state index is 13.7. The first-order valence-electron chi connectivity index (χ1n) is 11.7. The van der Waals surface area contributed by atoms with E-state index in [-0.39, 0.29) is 17.7 Å². The Balaban J connectivity index is 1.44. The molecule has 0 amide bonds. The van der Waals surface area contributed by atoms with Gasteiger partial charge in [0.15, 0.2) is 0 Å². The number of ether oxygens (including phenoxy) is 1. The summed E-state index contributed by atoms with van der Waals surface area (Å²) in [6.45, 7) is 0. The first-order chi connectivity index (χ1) is 16.4. The Hall–Kier alpha value is -3.58. The van der Waals surface area contributed by atoms with E-state index in [9.17, 15) is 4.39 Å². The van der Waals surface area contributed by atoms with Crippen LogP contribution >= 0.6 is 0 Å². The number of benzene rings is 3. The first-order valence-corrected chi connectivity index (χ1v) is 11.7. The second-order valence-corrected chi connectivity index (χ2v) is 9.35. The number of aliphatic imine (C=N–C) groups is 1. The molecule has 2 aliphatic heterocycles. The Labute approximate surface area is 197 Å². The second kappa shape index (κ2) is 7.74. The summed E-state index contributed by atoms with van der Waals surface area (Å²) in [5.41, 5.74) is 16.3. The number of nitrogen functional groups attached to an aromatic ring is 1. The Kier molecular flexibility index (Phi) is 4.78. The summed E-state index contributed by atoms with van der Waals surface area (Å²) < 4.78 is 20.4. The fourth-order valence-electron chi connectivity index (χ4n) is 5.57. The Morgan fingerprint density at radius 2 is 1.85 bits per heavy atom. The summed E-state index contributed by atoms with van der Waals surface area (Å²) in [5.74, 6) is 0.866. The van der Waals surface area contributed by atoms with Gasteiger partial charge < -0.3 is 16.2 Å². The molecule has 0 bridgehead atoms. The third kappa shape index (κ3) is 3.30. The van der Waals surface area contributed by atoms with E-state index in [0.29, 0.717) is 12.4 Å². The van der Waals surface area contributed by atoms with E-state index in [1.54, 1.807) is 19.2 Å². The first kappa shape index (κ1) is 21.0. The molecule has 4 N–H and O–H groups in total. The van der Waals surface area contributed by atoms with Gasteiger partial charge in [0.1, 0.15) is 17.7 Å². The number of hydrogen-bond acceptors (Lipinski definition) is 6. The Bertz CT molecular complexity index is 1310. The fraction of sp³-hybridized carbons (Fsp3) is 0.296. The zero-order valence-electron chi connectivity index (χ0n) is 19.0. The minimum Gasteiger partial charge on any atom is -0.489 e. The van der Waals surface area contributed by atoms with E-state index in [4.69, 9.17) is 26.0 Å². The number of halogens is 1. The third-order valence-corrected chi connectivity index (χ3v) is 7.26. The van der Waals surface area contributed by atoms with Crippen molar-refractivity contribution in [2.75, 3.05) is 12.8 Å². The summed E-state index contributed by atoms with van der Waals surface area (Å²) in [7, 11) is 1.76. The van der Waals surface area contributed by atoms with Crippen LogP contribution in [0.1, 0.15) is 41.9 Å². The summed E-state index contributed by atoms with van der Waals surface area (Å²) in [6, 6.07) is 19.2. The Morgan fingerprint density at radius 3 is 2.65 bits per heavy atom. The van der Waals surface area contributed by atoms with Crippen LogP contribution in [0.5, 0.6) is 5.75 Å². The van der Waals surface area contributed by atoms with Crippen LogP contribution < -0.4 is 16.2 Å². The fourth-order valence-corrected chi connectivity index (χ4v) is 5.57. The van der Waals surface area contributed by atoms with E-state index in [0.717, 1.165) is 41.7 Å². The van der Waals surface area contributed by atoms with Crippen LogP contribution in [0.15, 0.2) is 65.7 Å². The molecule has 0 saturated heterocycles. The SMILES string of the molecule is CN1OC2(CC(C3CCCc4ccccc43)Oc3ccc(-c4ccc(F)c(N)c4)cc32)N=C1N. The lowest BCUT2D eigenvalue weighted by atomic mass is 9.76. The molecule has 0 aromatic heterocycles. The topological polar surface area (TPSA) is 86.1 Å². The molecule has 1 spiro atoms. The molecule has 3 aromatic carbocycles. The van der Waals surface area contributed by atoms with Crippen molar-refractivity contribution >= 4 is 11.6 Å². The largest absolute Gasteiger partial charge is 0.489 e. The number of hydrogen-bond donors (Lipinski definition) is 2. The molecule has 0 radical (unpaired) electrons. The highest BCUT2D eigenvalue weighted by molar-refractivity contribution is 5.79. The van der Waals surface area contributed by atoms with Gasteiger partial charge in [0.2, 0.25) is 11.7 Å². The quantitative estimate of drug-likeness (QED) is 0.544. The molecule has 0 saturated carbocycles.